The molecule has 1 rings (SSSR count). The van der Waals surface area contributed by atoms with Crippen molar-refractivity contribution in [3.63, 3.8) is 0 Å². The molecular weight excluding hydrogens is 248 g/mol. The predicted octanol–water partition coefficient (Wildman–Crippen LogP) is 0.515. The molecule has 1 heterocycles. The van der Waals surface area contributed by atoms with E-state index in [9.17, 15) is 14.7 Å². The van der Waals surface area contributed by atoms with E-state index in [0.717, 1.165) is 0 Å². The van der Waals surface area contributed by atoms with Gasteiger partial charge in [-0.2, -0.15) is 0 Å². The van der Waals surface area contributed by atoms with E-state index in [-0.39, 0.29) is 17.9 Å². The largest absolute Gasteiger partial charge is 0.480 e. The van der Waals surface area contributed by atoms with Crippen LogP contribution in [0.15, 0.2) is 0 Å². The summed E-state index contributed by atoms with van der Waals surface area (Å²) in [7, 11) is 0. The molecule has 3 N–H and O–H groups in total. The fraction of sp³-hybridized carbons (Fsp3) is 0.846. The molecule has 0 unspecified atom stereocenters. The molecule has 0 saturated carbocycles. The average molecular weight is 272 g/mol. The zero-order valence-electron chi connectivity index (χ0n) is 11.9. The molecule has 1 fully saturated rings. The van der Waals surface area contributed by atoms with Gasteiger partial charge in [-0.05, 0) is 20.8 Å². The Bertz CT molecular complexity index is 330. The number of nitrogens with one attached hydrogen (secondary N) is 2. The standard InChI is InChI=1S/C13H24N2O4/c1-12(2,3)14-7-4-10(16)15-13(11(17)18)5-8-19-9-6-13/h14H,4-9H2,1-3H3,(H,15,16)(H,17,18). The van der Waals surface area contributed by atoms with Crippen LogP contribution in [0.25, 0.3) is 0 Å². The number of rotatable bonds is 5. The van der Waals surface area contributed by atoms with Crippen molar-refractivity contribution < 1.29 is 19.4 Å². The Morgan fingerprint density at radius 3 is 2.32 bits per heavy atom. The van der Waals surface area contributed by atoms with E-state index >= 15 is 0 Å². The summed E-state index contributed by atoms with van der Waals surface area (Å²) in [6, 6.07) is 0. The van der Waals surface area contributed by atoms with Gasteiger partial charge in [0.25, 0.3) is 0 Å². The second-order valence-electron chi connectivity index (χ2n) is 5.97. The van der Waals surface area contributed by atoms with Crippen molar-refractivity contribution in [2.24, 2.45) is 0 Å². The highest BCUT2D eigenvalue weighted by Crippen LogP contribution is 2.21. The first-order valence-electron chi connectivity index (χ1n) is 6.62. The molecule has 19 heavy (non-hydrogen) atoms. The van der Waals surface area contributed by atoms with Gasteiger partial charge in [0.1, 0.15) is 5.54 Å². The number of carboxylic acids is 1. The van der Waals surface area contributed by atoms with Crippen LogP contribution in [0.4, 0.5) is 0 Å². The normalized spacial score (nSPS) is 18.9. The van der Waals surface area contributed by atoms with Gasteiger partial charge >= 0.3 is 5.97 Å². The van der Waals surface area contributed by atoms with Gasteiger partial charge in [0.05, 0.1) is 0 Å². The zero-order valence-corrected chi connectivity index (χ0v) is 11.9. The maximum Gasteiger partial charge on any atom is 0.329 e. The van der Waals surface area contributed by atoms with E-state index < -0.39 is 11.5 Å². The molecule has 0 aromatic heterocycles. The van der Waals surface area contributed by atoms with Gasteiger partial charge in [-0.3, -0.25) is 4.79 Å². The molecule has 0 aromatic rings. The molecule has 1 aliphatic heterocycles. The third-order valence-electron chi connectivity index (χ3n) is 3.14. The lowest BCUT2D eigenvalue weighted by Gasteiger charge is -2.34. The monoisotopic (exact) mass is 272 g/mol. The van der Waals surface area contributed by atoms with Gasteiger partial charge in [0, 0.05) is 44.6 Å². The van der Waals surface area contributed by atoms with E-state index in [4.69, 9.17) is 4.74 Å². The Hall–Kier alpha value is -1.14. The van der Waals surface area contributed by atoms with Crippen LogP contribution in [0.5, 0.6) is 0 Å². The van der Waals surface area contributed by atoms with Crippen molar-refractivity contribution in [1.29, 1.82) is 0 Å². The summed E-state index contributed by atoms with van der Waals surface area (Å²) in [5, 5.41) is 15.2. The van der Waals surface area contributed by atoms with Crippen LogP contribution < -0.4 is 10.6 Å². The molecule has 0 spiro atoms. The minimum atomic E-state index is -1.16. The van der Waals surface area contributed by atoms with Gasteiger partial charge in [0.2, 0.25) is 5.91 Å². The lowest BCUT2D eigenvalue weighted by Crippen LogP contribution is -2.57. The number of carbonyl (C=O) groups is 2. The van der Waals surface area contributed by atoms with Crippen LogP contribution >= 0.6 is 0 Å². The molecule has 1 amide bonds. The lowest BCUT2D eigenvalue weighted by atomic mass is 9.90. The Kier molecular flexibility index (Phi) is 5.31. The number of aliphatic carboxylic acids is 1. The van der Waals surface area contributed by atoms with E-state index in [1.807, 2.05) is 20.8 Å². The van der Waals surface area contributed by atoms with Crippen molar-refractivity contribution in [3.8, 4) is 0 Å². The zero-order chi connectivity index (χ0) is 14.5. The second kappa shape index (κ2) is 6.34. The van der Waals surface area contributed by atoms with Crippen molar-refractivity contribution in [2.75, 3.05) is 19.8 Å². The van der Waals surface area contributed by atoms with E-state index in [2.05, 4.69) is 10.6 Å². The molecule has 0 aliphatic carbocycles. The van der Waals surface area contributed by atoms with Gasteiger partial charge in [-0.15, -0.1) is 0 Å². The maximum atomic E-state index is 11.9. The fourth-order valence-corrected chi connectivity index (χ4v) is 1.99. The Labute approximate surface area is 113 Å². The molecule has 1 saturated heterocycles. The minimum absolute atomic E-state index is 0.0521. The Morgan fingerprint density at radius 2 is 1.84 bits per heavy atom. The number of hydrogen-bond acceptors (Lipinski definition) is 4. The molecule has 6 heteroatoms. The third kappa shape index (κ3) is 5.16. The SMILES string of the molecule is CC(C)(C)NCCC(=O)NC1(C(=O)O)CCOCC1. The van der Waals surface area contributed by atoms with Crippen LogP contribution in [0.3, 0.4) is 0 Å². The Morgan fingerprint density at radius 1 is 1.26 bits per heavy atom. The van der Waals surface area contributed by atoms with Crippen molar-refractivity contribution >= 4 is 11.9 Å². The minimum Gasteiger partial charge on any atom is -0.480 e. The lowest BCUT2D eigenvalue weighted by molar-refractivity contribution is -0.152. The molecule has 0 aromatic carbocycles. The number of carboxylic acid groups (broad SMARTS) is 1. The van der Waals surface area contributed by atoms with Crippen LogP contribution in [0.1, 0.15) is 40.0 Å². The van der Waals surface area contributed by atoms with Crippen LogP contribution in [-0.2, 0) is 14.3 Å². The van der Waals surface area contributed by atoms with Crippen molar-refractivity contribution in [3.05, 3.63) is 0 Å². The first-order valence-corrected chi connectivity index (χ1v) is 6.62. The molecule has 0 bridgehead atoms. The highest BCUT2D eigenvalue weighted by Gasteiger charge is 2.41. The highest BCUT2D eigenvalue weighted by atomic mass is 16.5. The fourth-order valence-electron chi connectivity index (χ4n) is 1.99. The number of ether oxygens (including phenoxy) is 1. The van der Waals surface area contributed by atoms with E-state index in [0.29, 0.717) is 32.6 Å². The van der Waals surface area contributed by atoms with Gasteiger partial charge in [0.15, 0.2) is 0 Å². The van der Waals surface area contributed by atoms with Gasteiger partial charge < -0.3 is 20.5 Å². The number of hydrogen-bond donors (Lipinski definition) is 3. The van der Waals surface area contributed by atoms with Gasteiger partial charge in [-0.1, -0.05) is 0 Å². The molecule has 110 valence electrons. The summed E-state index contributed by atoms with van der Waals surface area (Å²) >= 11 is 0. The third-order valence-corrected chi connectivity index (χ3v) is 3.14. The van der Waals surface area contributed by atoms with Gasteiger partial charge in [-0.25, -0.2) is 4.79 Å². The molecule has 0 atom stereocenters. The second-order valence-corrected chi connectivity index (χ2v) is 5.97. The first kappa shape index (κ1) is 15.9. The average Bonchev–Trinajstić information content (AvgIpc) is 2.28. The molecular formula is C13H24N2O4. The highest BCUT2D eigenvalue weighted by molar-refractivity contribution is 5.87. The summed E-state index contributed by atoms with van der Waals surface area (Å²) in [4.78, 5) is 23.2. The topological polar surface area (TPSA) is 87.7 Å². The summed E-state index contributed by atoms with van der Waals surface area (Å²) in [5.74, 6) is -1.21. The van der Waals surface area contributed by atoms with Crippen molar-refractivity contribution in [1.82, 2.24) is 10.6 Å². The quantitative estimate of drug-likeness (QED) is 0.679. The molecule has 0 radical (unpaired) electrons. The summed E-state index contributed by atoms with van der Waals surface area (Å²) in [6.45, 7) is 7.31. The molecule has 6 nitrogen and oxygen atoms in total. The Balaban J connectivity index is 2.46. The van der Waals surface area contributed by atoms with E-state index in [1.54, 1.807) is 0 Å². The summed E-state index contributed by atoms with van der Waals surface area (Å²) < 4.78 is 5.16. The van der Waals surface area contributed by atoms with Crippen LogP contribution in [0, 0.1) is 0 Å². The van der Waals surface area contributed by atoms with E-state index in [1.165, 1.54) is 0 Å². The number of carbonyl (C=O) groups excluding carboxylic acids is 1. The first-order chi connectivity index (χ1) is 8.75. The summed E-state index contributed by atoms with van der Waals surface area (Å²) in [5.41, 5.74) is -1.21. The predicted molar refractivity (Wildman–Crippen MR) is 70.9 cm³/mol. The van der Waals surface area contributed by atoms with Crippen LogP contribution in [-0.4, -0.2) is 47.8 Å². The smallest absolute Gasteiger partial charge is 0.329 e. The molecule has 1 aliphatic rings. The number of amides is 1. The van der Waals surface area contributed by atoms with Crippen LogP contribution in [0.2, 0.25) is 0 Å². The summed E-state index contributed by atoms with van der Waals surface area (Å²) in [6.07, 6.45) is 0.911. The van der Waals surface area contributed by atoms with Crippen molar-refractivity contribution in [2.45, 2.75) is 51.1 Å². The maximum absolute atomic E-state index is 11.9.